The molecule has 0 aliphatic heterocycles. The normalized spacial score (nSPS) is 10.1. The minimum atomic E-state index is -0.717. The van der Waals surface area contributed by atoms with Crippen LogP contribution in [-0.4, -0.2) is 11.2 Å². The van der Waals surface area contributed by atoms with Crippen molar-refractivity contribution in [3.05, 3.63) is 62.9 Å². The molecule has 2 rings (SSSR count). The van der Waals surface area contributed by atoms with E-state index in [4.69, 9.17) is 16.3 Å². The summed E-state index contributed by atoms with van der Waals surface area (Å²) in [4.78, 5) is 20.8. The van der Waals surface area contributed by atoms with Crippen molar-refractivity contribution in [3.63, 3.8) is 0 Å². The molecule has 20 heavy (non-hydrogen) atoms. The number of ether oxygens (including phenoxy) is 1. The van der Waals surface area contributed by atoms with Gasteiger partial charge in [-0.3, -0.25) is 14.9 Å². The molecule has 102 valence electrons. The van der Waals surface area contributed by atoms with Gasteiger partial charge in [0.15, 0.2) is 6.29 Å². The van der Waals surface area contributed by atoms with E-state index in [2.05, 4.69) is 0 Å². The molecule has 0 saturated heterocycles. The maximum Gasteiger partial charge on any atom is 0.288 e. The topological polar surface area (TPSA) is 69.4 Å². The largest absolute Gasteiger partial charge is 0.456 e. The van der Waals surface area contributed by atoms with E-state index < -0.39 is 10.7 Å². The van der Waals surface area contributed by atoms with Gasteiger partial charge in [0.2, 0.25) is 0 Å². The van der Waals surface area contributed by atoms with Crippen LogP contribution in [0.4, 0.5) is 10.1 Å². The zero-order valence-corrected chi connectivity index (χ0v) is 10.6. The SMILES string of the molecule is O=Cc1c(F)cccc1Oc1ccc([N+](=O)[O-])c(Cl)c1. The molecule has 2 aromatic carbocycles. The van der Waals surface area contributed by atoms with Gasteiger partial charge in [-0.15, -0.1) is 0 Å². The molecule has 0 amide bonds. The average molecular weight is 296 g/mol. The Morgan fingerprint density at radius 2 is 2.05 bits per heavy atom. The summed E-state index contributed by atoms with van der Waals surface area (Å²) < 4.78 is 18.7. The van der Waals surface area contributed by atoms with Crippen molar-refractivity contribution in [3.8, 4) is 11.5 Å². The second-order valence-electron chi connectivity index (χ2n) is 3.74. The summed E-state index contributed by atoms with van der Waals surface area (Å²) in [5, 5.41) is 10.5. The van der Waals surface area contributed by atoms with Crippen molar-refractivity contribution < 1.29 is 18.8 Å². The number of benzene rings is 2. The number of carbonyl (C=O) groups excluding carboxylic acids is 1. The number of nitrogens with zero attached hydrogens (tertiary/aromatic N) is 1. The fourth-order valence-corrected chi connectivity index (χ4v) is 1.79. The Labute approximate surface area is 117 Å². The zero-order chi connectivity index (χ0) is 14.7. The van der Waals surface area contributed by atoms with Crippen LogP contribution in [0.3, 0.4) is 0 Å². The van der Waals surface area contributed by atoms with Gasteiger partial charge in [-0.2, -0.15) is 0 Å². The molecule has 0 aliphatic carbocycles. The fourth-order valence-electron chi connectivity index (χ4n) is 1.55. The van der Waals surface area contributed by atoms with E-state index in [0.717, 1.165) is 12.1 Å². The third-order valence-electron chi connectivity index (χ3n) is 2.47. The lowest BCUT2D eigenvalue weighted by atomic mass is 10.2. The Kier molecular flexibility index (Phi) is 3.95. The Bertz CT molecular complexity index is 690. The Morgan fingerprint density at radius 1 is 1.30 bits per heavy atom. The quantitative estimate of drug-likeness (QED) is 0.486. The molecule has 2 aromatic rings. The van der Waals surface area contributed by atoms with Crippen molar-refractivity contribution in [1.82, 2.24) is 0 Å². The van der Waals surface area contributed by atoms with Crippen LogP contribution < -0.4 is 4.74 Å². The second-order valence-corrected chi connectivity index (χ2v) is 4.15. The monoisotopic (exact) mass is 295 g/mol. The minimum absolute atomic E-state index is 0.00456. The molecule has 0 atom stereocenters. The van der Waals surface area contributed by atoms with E-state index >= 15 is 0 Å². The van der Waals surface area contributed by atoms with Crippen LogP contribution in [0.5, 0.6) is 11.5 Å². The summed E-state index contributed by atoms with van der Waals surface area (Å²) in [5.74, 6) is -0.551. The highest BCUT2D eigenvalue weighted by atomic mass is 35.5. The van der Waals surface area contributed by atoms with Crippen molar-refractivity contribution in [1.29, 1.82) is 0 Å². The van der Waals surface area contributed by atoms with E-state index in [1.165, 1.54) is 24.3 Å². The predicted octanol–water partition coefficient (Wildman–Crippen LogP) is 3.99. The number of aldehydes is 1. The van der Waals surface area contributed by atoms with Gasteiger partial charge in [-0.25, -0.2) is 4.39 Å². The number of rotatable bonds is 4. The van der Waals surface area contributed by atoms with E-state index in [1.807, 2.05) is 0 Å². The first-order valence-corrected chi connectivity index (χ1v) is 5.76. The van der Waals surface area contributed by atoms with Gasteiger partial charge in [0.05, 0.1) is 10.5 Å². The van der Waals surface area contributed by atoms with E-state index in [9.17, 15) is 19.3 Å². The molecule has 0 bridgehead atoms. The molecule has 5 nitrogen and oxygen atoms in total. The molecule has 0 radical (unpaired) electrons. The van der Waals surface area contributed by atoms with Crippen LogP contribution >= 0.6 is 11.6 Å². The van der Waals surface area contributed by atoms with Gasteiger partial charge in [-0.1, -0.05) is 17.7 Å². The fraction of sp³-hybridized carbons (Fsp3) is 0. The van der Waals surface area contributed by atoms with Gasteiger partial charge in [0, 0.05) is 12.1 Å². The number of hydrogen-bond acceptors (Lipinski definition) is 4. The lowest BCUT2D eigenvalue weighted by Crippen LogP contribution is -1.95. The first-order valence-electron chi connectivity index (χ1n) is 5.38. The molecule has 0 aromatic heterocycles. The van der Waals surface area contributed by atoms with Crippen LogP contribution in [0.15, 0.2) is 36.4 Å². The number of nitro groups is 1. The second kappa shape index (κ2) is 5.66. The molecular formula is C13H7ClFNO4. The van der Waals surface area contributed by atoms with Crippen LogP contribution in [0.25, 0.3) is 0 Å². The van der Waals surface area contributed by atoms with Crippen molar-refractivity contribution in [2.75, 3.05) is 0 Å². The maximum atomic E-state index is 13.4. The summed E-state index contributed by atoms with van der Waals surface area (Å²) in [7, 11) is 0. The molecule has 0 spiro atoms. The molecule has 0 unspecified atom stereocenters. The van der Waals surface area contributed by atoms with Crippen molar-refractivity contribution in [2.24, 2.45) is 0 Å². The van der Waals surface area contributed by atoms with Crippen LogP contribution in [-0.2, 0) is 0 Å². The summed E-state index contributed by atoms with van der Waals surface area (Å²) in [5.41, 5.74) is -0.504. The third-order valence-corrected chi connectivity index (χ3v) is 2.78. The van der Waals surface area contributed by atoms with Gasteiger partial charge in [-0.05, 0) is 18.2 Å². The first-order chi connectivity index (χ1) is 9.52. The molecular weight excluding hydrogens is 289 g/mol. The highest BCUT2D eigenvalue weighted by Gasteiger charge is 2.14. The minimum Gasteiger partial charge on any atom is -0.456 e. The number of nitro benzene ring substituents is 1. The Hall–Kier alpha value is -2.47. The molecule has 0 N–H and O–H groups in total. The van der Waals surface area contributed by atoms with Gasteiger partial charge < -0.3 is 4.74 Å². The third kappa shape index (κ3) is 2.75. The van der Waals surface area contributed by atoms with Gasteiger partial charge in [0.1, 0.15) is 22.3 Å². The van der Waals surface area contributed by atoms with Gasteiger partial charge in [0.25, 0.3) is 5.69 Å². The average Bonchev–Trinajstić information content (AvgIpc) is 2.38. The van der Waals surface area contributed by atoms with Crippen molar-refractivity contribution in [2.45, 2.75) is 0 Å². The molecule has 7 heteroatoms. The molecule has 0 aliphatic rings. The zero-order valence-electron chi connectivity index (χ0n) is 9.88. The van der Waals surface area contributed by atoms with Crippen LogP contribution in [0.1, 0.15) is 10.4 Å². The Balaban J connectivity index is 2.36. The highest BCUT2D eigenvalue weighted by molar-refractivity contribution is 6.32. The van der Waals surface area contributed by atoms with Gasteiger partial charge >= 0.3 is 0 Å². The summed E-state index contributed by atoms with van der Waals surface area (Å²) in [6.45, 7) is 0. The van der Waals surface area contributed by atoms with E-state index in [1.54, 1.807) is 0 Å². The highest BCUT2D eigenvalue weighted by Crippen LogP contribution is 2.32. The molecule has 0 saturated carbocycles. The Morgan fingerprint density at radius 3 is 2.65 bits per heavy atom. The summed E-state index contributed by atoms with van der Waals surface area (Å²) >= 11 is 5.73. The predicted molar refractivity (Wildman–Crippen MR) is 70.0 cm³/mol. The summed E-state index contributed by atoms with van der Waals surface area (Å²) in [6.07, 6.45) is 0.331. The van der Waals surface area contributed by atoms with Crippen LogP contribution in [0, 0.1) is 15.9 Å². The molecule has 0 fully saturated rings. The lowest BCUT2D eigenvalue weighted by molar-refractivity contribution is -0.384. The van der Waals surface area contributed by atoms with E-state index in [-0.39, 0.29) is 27.8 Å². The van der Waals surface area contributed by atoms with E-state index in [0.29, 0.717) is 6.29 Å². The number of halogens is 2. The lowest BCUT2D eigenvalue weighted by Gasteiger charge is -2.08. The smallest absolute Gasteiger partial charge is 0.288 e. The standard InChI is InChI=1S/C13H7ClFNO4/c14-10-6-8(4-5-12(10)16(18)19)20-13-3-1-2-11(15)9(13)7-17/h1-7H. The van der Waals surface area contributed by atoms with Crippen molar-refractivity contribution >= 4 is 23.6 Å². The number of carbonyl (C=O) groups is 1. The maximum absolute atomic E-state index is 13.4. The first kappa shape index (κ1) is 14.0. The molecule has 0 heterocycles. The number of hydrogen-bond donors (Lipinski definition) is 0. The summed E-state index contributed by atoms with van der Waals surface area (Å²) in [6, 6.07) is 7.60. The van der Waals surface area contributed by atoms with Crippen LogP contribution in [0.2, 0.25) is 5.02 Å².